The van der Waals surface area contributed by atoms with Crippen molar-refractivity contribution < 1.29 is 27.5 Å². The minimum absolute atomic E-state index is 0.287. The van der Waals surface area contributed by atoms with Crippen LogP contribution in [0.3, 0.4) is 0 Å². The average molecular weight is 618 g/mol. The van der Waals surface area contributed by atoms with E-state index < -0.39 is 17.8 Å². The Bertz CT molecular complexity index is 1500. The van der Waals surface area contributed by atoms with Crippen molar-refractivity contribution in [3.8, 4) is 5.75 Å². The molecule has 3 heterocycles. The predicted molar refractivity (Wildman–Crippen MR) is 159 cm³/mol. The van der Waals surface area contributed by atoms with Crippen molar-refractivity contribution in [1.29, 1.82) is 0 Å². The number of carbonyl (C=O) groups is 1. The lowest BCUT2D eigenvalue weighted by atomic mass is 10.0. The molecule has 14 heteroatoms. The molecule has 5 rings (SSSR count). The van der Waals surface area contributed by atoms with E-state index in [0.717, 1.165) is 37.9 Å². The van der Waals surface area contributed by atoms with Gasteiger partial charge in [0.25, 0.3) is 0 Å². The van der Waals surface area contributed by atoms with Crippen LogP contribution in [0.25, 0.3) is 0 Å². The molecule has 228 valence electrons. The first kappa shape index (κ1) is 30.4. The molecule has 2 fully saturated rings. The first-order valence-corrected chi connectivity index (χ1v) is 13.9. The number of amides is 1. The first-order valence-electron chi connectivity index (χ1n) is 13.5. The van der Waals surface area contributed by atoms with Crippen molar-refractivity contribution in [2.75, 3.05) is 67.5 Å². The molecular weight excluding hydrogens is 587 g/mol. The van der Waals surface area contributed by atoms with E-state index in [2.05, 4.69) is 44.0 Å². The van der Waals surface area contributed by atoms with Gasteiger partial charge in [-0.2, -0.15) is 13.2 Å². The third-order valence-corrected chi connectivity index (χ3v) is 7.66. The standard InChI is InChI=1S/C29H31ClF3N7O3/c1-4-28(41)37-21-14-22(25(42-3)15-24(21)39-10-8-38(2)9-11-39)36-26-16-27(35-17-34-26)40-23(7-12-43-40)18-5-6-20(30)19(13-18)29(31,32)33/h4-6,13-17,23H,1,7-12H2,2-3H3,(H,37,41)(H,34,35,36). The second-order valence-electron chi connectivity index (χ2n) is 10.1. The summed E-state index contributed by atoms with van der Waals surface area (Å²) in [6, 6.07) is 8.54. The monoisotopic (exact) mass is 617 g/mol. The van der Waals surface area contributed by atoms with Crippen LogP contribution in [-0.2, 0) is 15.8 Å². The lowest BCUT2D eigenvalue weighted by Crippen LogP contribution is -2.44. The molecule has 1 atom stereocenters. The number of benzene rings is 2. The molecule has 10 nitrogen and oxygen atoms in total. The second kappa shape index (κ2) is 12.7. The molecule has 2 N–H and O–H groups in total. The molecule has 43 heavy (non-hydrogen) atoms. The number of rotatable bonds is 8. The predicted octanol–water partition coefficient (Wildman–Crippen LogP) is 5.66. The van der Waals surface area contributed by atoms with E-state index in [1.54, 1.807) is 25.3 Å². The Labute approximate surface area is 252 Å². The molecule has 0 aliphatic carbocycles. The normalized spacial score (nSPS) is 17.6. The van der Waals surface area contributed by atoms with Crippen LogP contribution in [0, 0.1) is 0 Å². The molecule has 0 saturated carbocycles. The second-order valence-corrected chi connectivity index (χ2v) is 10.5. The number of likely N-dealkylation sites (N-methyl/N-ethyl adjacent to an activating group) is 1. The highest BCUT2D eigenvalue weighted by Gasteiger charge is 2.36. The summed E-state index contributed by atoms with van der Waals surface area (Å²) in [6.07, 6.45) is -1.62. The molecular formula is C29H31ClF3N7O3. The summed E-state index contributed by atoms with van der Waals surface area (Å²) in [5, 5.41) is 7.21. The first-order chi connectivity index (χ1) is 20.6. The summed E-state index contributed by atoms with van der Waals surface area (Å²) >= 11 is 5.83. The summed E-state index contributed by atoms with van der Waals surface area (Å²) in [7, 11) is 3.61. The average Bonchev–Trinajstić information content (AvgIpc) is 3.48. The van der Waals surface area contributed by atoms with Crippen LogP contribution in [0.4, 0.5) is 41.9 Å². The quantitative estimate of drug-likeness (QED) is 0.311. The van der Waals surface area contributed by atoms with E-state index in [9.17, 15) is 18.0 Å². The van der Waals surface area contributed by atoms with E-state index in [1.807, 2.05) is 6.07 Å². The number of carbonyl (C=O) groups excluding carboxylic acids is 1. The molecule has 0 bridgehead atoms. The third kappa shape index (κ3) is 6.79. The highest BCUT2D eigenvalue weighted by molar-refractivity contribution is 6.31. The van der Waals surface area contributed by atoms with Gasteiger partial charge in [-0.3, -0.25) is 9.63 Å². The van der Waals surface area contributed by atoms with Gasteiger partial charge >= 0.3 is 6.18 Å². The number of aromatic nitrogens is 2. The van der Waals surface area contributed by atoms with Gasteiger partial charge in [-0.25, -0.2) is 15.0 Å². The largest absolute Gasteiger partial charge is 0.494 e. The van der Waals surface area contributed by atoms with Gasteiger partial charge in [0.1, 0.15) is 17.9 Å². The van der Waals surface area contributed by atoms with Gasteiger partial charge in [0.05, 0.1) is 47.4 Å². The number of ether oxygens (including phenoxy) is 1. The summed E-state index contributed by atoms with van der Waals surface area (Å²) in [6.45, 7) is 7.13. The minimum atomic E-state index is -4.59. The molecule has 2 aliphatic heterocycles. The fraction of sp³-hybridized carbons (Fsp3) is 0.345. The number of alkyl halides is 3. The van der Waals surface area contributed by atoms with Gasteiger partial charge in [0, 0.05) is 44.7 Å². The zero-order valence-corrected chi connectivity index (χ0v) is 24.4. The number of anilines is 5. The highest BCUT2D eigenvalue weighted by atomic mass is 35.5. The smallest absolute Gasteiger partial charge is 0.417 e. The zero-order chi connectivity index (χ0) is 30.7. The maximum absolute atomic E-state index is 13.5. The van der Waals surface area contributed by atoms with Crippen molar-refractivity contribution in [3.05, 3.63) is 71.5 Å². The summed E-state index contributed by atoms with van der Waals surface area (Å²) < 4.78 is 46.3. The summed E-state index contributed by atoms with van der Waals surface area (Å²) in [5.41, 5.74) is 1.39. The van der Waals surface area contributed by atoms with E-state index in [0.29, 0.717) is 40.7 Å². The fourth-order valence-corrected chi connectivity index (χ4v) is 5.29. The third-order valence-electron chi connectivity index (χ3n) is 7.33. The van der Waals surface area contributed by atoms with Gasteiger partial charge in [0.15, 0.2) is 5.82 Å². The van der Waals surface area contributed by atoms with Crippen molar-refractivity contribution in [2.24, 2.45) is 0 Å². The number of halogens is 4. The van der Waals surface area contributed by atoms with Crippen LogP contribution >= 0.6 is 11.6 Å². The number of methoxy groups -OCH3 is 1. The number of hydrogen-bond acceptors (Lipinski definition) is 9. The fourth-order valence-electron chi connectivity index (χ4n) is 5.07. The lowest BCUT2D eigenvalue weighted by Gasteiger charge is -2.35. The summed E-state index contributed by atoms with van der Waals surface area (Å²) in [5.74, 6) is 0.875. The zero-order valence-electron chi connectivity index (χ0n) is 23.6. The lowest BCUT2D eigenvalue weighted by molar-refractivity contribution is -0.137. The van der Waals surface area contributed by atoms with Crippen LogP contribution in [0.15, 0.2) is 55.4 Å². The molecule has 0 radical (unpaired) electrons. The Balaban J connectivity index is 1.44. The van der Waals surface area contributed by atoms with Crippen LogP contribution in [0.1, 0.15) is 23.6 Å². The van der Waals surface area contributed by atoms with Gasteiger partial charge < -0.3 is 25.2 Å². The Morgan fingerprint density at radius 2 is 1.91 bits per heavy atom. The van der Waals surface area contributed by atoms with Crippen molar-refractivity contribution in [1.82, 2.24) is 14.9 Å². The van der Waals surface area contributed by atoms with E-state index in [1.165, 1.54) is 23.5 Å². The van der Waals surface area contributed by atoms with Crippen LogP contribution in [0.2, 0.25) is 5.02 Å². The van der Waals surface area contributed by atoms with Crippen molar-refractivity contribution in [3.63, 3.8) is 0 Å². The number of piperazine rings is 1. The van der Waals surface area contributed by atoms with Crippen molar-refractivity contribution >= 4 is 46.2 Å². The van der Waals surface area contributed by atoms with Gasteiger partial charge in [-0.1, -0.05) is 24.2 Å². The number of hydrogen-bond donors (Lipinski definition) is 2. The summed E-state index contributed by atoms with van der Waals surface area (Å²) in [4.78, 5) is 31.1. The van der Waals surface area contributed by atoms with Crippen LogP contribution in [0.5, 0.6) is 5.75 Å². The molecule has 2 saturated heterocycles. The number of nitrogens with one attached hydrogen (secondary N) is 2. The highest BCUT2D eigenvalue weighted by Crippen LogP contribution is 2.41. The van der Waals surface area contributed by atoms with Gasteiger partial charge in [-0.05, 0) is 36.9 Å². The molecule has 2 aliphatic rings. The molecule has 2 aromatic carbocycles. The van der Waals surface area contributed by atoms with Crippen LogP contribution in [-0.4, -0.2) is 67.7 Å². The van der Waals surface area contributed by atoms with E-state index >= 15 is 0 Å². The minimum Gasteiger partial charge on any atom is -0.494 e. The van der Waals surface area contributed by atoms with E-state index in [4.69, 9.17) is 21.2 Å². The van der Waals surface area contributed by atoms with Gasteiger partial charge in [0.2, 0.25) is 5.91 Å². The van der Waals surface area contributed by atoms with Gasteiger partial charge in [-0.15, -0.1) is 0 Å². The van der Waals surface area contributed by atoms with Crippen LogP contribution < -0.4 is 25.3 Å². The molecule has 1 aromatic heterocycles. The van der Waals surface area contributed by atoms with E-state index in [-0.39, 0.29) is 17.5 Å². The maximum Gasteiger partial charge on any atom is 0.417 e. The number of nitrogens with zero attached hydrogens (tertiary/aromatic N) is 5. The van der Waals surface area contributed by atoms with Crippen molar-refractivity contribution in [2.45, 2.75) is 18.6 Å². The topological polar surface area (TPSA) is 95.1 Å². The molecule has 3 aromatic rings. The molecule has 1 amide bonds. The number of hydroxylamine groups is 1. The SMILES string of the molecule is C=CC(=O)Nc1cc(Nc2cc(N3OCCC3c3ccc(Cl)c(C(F)(F)F)c3)ncn2)c(OC)cc1N1CCN(C)CC1. The maximum atomic E-state index is 13.5. The Kier molecular flexibility index (Phi) is 8.95. The Morgan fingerprint density at radius 1 is 1.14 bits per heavy atom. The Hall–Kier alpha value is -4.07. The Morgan fingerprint density at radius 3 is 2.60 bits per heavy atom. The molecule has 1 unspecified atom stereocenters. The molecule has 0 spiro atoms.